The molecule has 0 spiro atoms. The number of hydrogen-bond acceptors (Lipinski definition) is 3. The summed E-state index contributed by atoms with van der Waals surface area (Å²) >= 11 is 7.75. The summed E-state index contributed by atoms with van der Waals surface area (Å²) in [6.07, 6.45) is 1.01. The predicted molar refractivity (Wildman–Crippen MR) is 78.4 cm³/mol. The van der Waals surface area contributed by atoms with Crippen LogP contribution in [0.25, 0.3) is 0 Å². The van der Waals surface area contributed by atoms with E-state index in [1.54, 1.807) is 17.4 Å². The smallest absolute Gasteiger partial charge is 0.124 e. The Balaban J connectivity index is 2.36. The third kappa shape index (κ3) is 3.53. The number of rotatable bonds is 5. The molecule has 1 aromatic heterocycles. The third-order valence-electron chi connectivity index (χ3n) is 2.76. The zero-order valence-corrected chi connectivity index (χ0v) is 12.5. The topological polar surface area (TPSA) is 24.9 Å². The zero-order valence-electron chi connectivity index (χ0n) is 10.9. The molecule has 2 rings (SSSR count). The fraction of sp³-hybridized carbons (Fsp3) is 0.357. The van der Waals surface area contributed by atoms with Gasteiger partial charge in [0.2, 0.25) is 0 Å². The number of nitrogens with zero attached hydrogens (tertiary/aromatic N) is 1. The SMILES string of the molecule is CCCNC(c1nc(C)cs1)c1ccc(F)cc1Cl. The quantitative estimate of drug-likeness (QED) is 0.888. The van der Waals surface area contributed by atoms with Gasteiger partial charge in [-0.2, -0.15) is 0 Å². The van der Waals surface area contributed by atoms with Crippen molar-refractivity contribution in [2.75, 3.05) is 6.54 Å². The summed E-state index contributed by atoms with van der Waals surface area (Å²) in [5.74, 6) is -0.321. The largest absolute Gasteiger partial charge is 0.304 e. The van der Waals surface area contributed by atoms with Gasteiger partial charge < -0.3 is 5.32 Å². The average molecular weight is 299 g/mol. The van der Waals surface area contributed by atoms with Gasteiger partial charge in [-0.3, -0.25) is 0 Å². The van der Waals surface area contributed by atoms with Crippen molar-refractivity contribution in [3.05, 3.63) is 50.7 Å². The Hall–Kier alpha value is -0.970. The highest BCUT2D eigenvalue weighted by atomic mass is 35.5. The summed E-state index contributed by atoms with van der Waals surface area (Å²) in [5.41, 5.74) is 1.85. The van der Waals surface area contributed by atoms with Crippen LogP contribution in [0.5, 0.6) is 0 Å². The fourth-order valence-corrected chi connectivity index (χ4v) is 3.02. The highest BCUT2D eigenvalue weighted by Crippen LogP contribution is 2.30. The van der Waals surface area contributed by atoms with Crippen LogP contribution in [0, 0.1) is 12.7 Å². The molecule has 0 aliphatic rings. The molecule has 1 aromatic carbocycles. The molecule has 0 saturated heterocycles. The zero-order chi connectivity index (χ0) is 13.8. The van der Waals surface area contributed by atoms with Crippen LogP contribution in [-0.4, -0.2) is 11.5 Å². The second-order valence-electron chi connectivity index (χ2n) is 4.38. The van der Waals surface area contributed by atoms with E-state index >= 15 is 0 Å². The molecule has 0 aliphatic heterocycles. The lowest BCUT2D eigenvalue weighted by molar-refractivity contribution is 0.590. The number of thiazole rings is 1. The minimum absolute atomic E-state index is 0.0771. The summed E-state index contributed by atoms with van der Waals surface area (Å²) in [7, 11) is 0. The Kier molecular flexibility index (Phi) is 4.91. The van der Waals surface area contributed by atoms with E-state index in [0.717, 1.165) is 29.2 Å². The summed E-state index contributed by atoms with van der Waals surface area (Å²) < 4.78 is 13.2. The Morgan fingerprint density at radius 1 is 1.47 bits per heavy atom. The van der Waals surface area contributed by atoms with E-state index in [2.05, 4.69) is 17.2 Å². The molecule has 102 valence electrons. The Morgan fingerprint density at radius 3 is 2.84 bits per heavy atom. The van der Waals surface area contributed by atoms with Gasteiger partial charge in [-0.1, -0.05) is 24.6 Å². The van der Waals surface area contributed by atoms with Crippen molar-refractivity contribution < 1.29 is 4.39 Å². The van der Waals surface area contributed by atoms with Crippen LogP contribution in [0.3, 0.4) is 0 Å². The Morgan fingerprint density at radius 2 is 2.26 bits per heavy atom. The molecule has 5 heteroatoms. The number of aromatic nitrogens is 1. The summed E-state index contributed by atoms with van der Waals surface area (Å²) in [6, 6.07) is 4.42. The molecule has 0 saturated carbocycles. The molecule has 2 aromatic rings. The van der Waals surface area contributed by atoms with E-state index < -0.39 is 0 Å². The molecule has 1 heterocycles. The maximum atomic E-state index is 13.2. The van der Waals surface area contributed by atoms with E-state index in [1.165, 1.54) is 12.1 Å². The van der Waals surface area contributed by atoms with Crippen LogP contribution in [-0.2, 0) is 0 Å². The van der Waals surface area contributed by atoms with Crippen LogP contribution in [0.4, 0.5) is 4.39 Å². The second-order valence-corrected chi connectivity index (χ2v) is 5.68. The van der Waals surface area contributed by atoms with Crippen molar-refractivity contribution in [1.29, 1.82) is 0 Å². The van der Waals surface area contributed by atoms with E-state index in [4.69, 9.17) is 11.6 Å². The molecular formula is C14H16ClFN2S. The standard InChI is InChI=1S/C14H16ClFN2S/c1-3-6-17-13(14-18-9(2)8-19-14)11-5-4-10(16)7-12(11)15/h4-5,7-8,13,17H,3,6H2,1-2H3. The first kappa shape index (κ1) is 14.4. The van der Waals surface area contributed by atoms with Gasteiger partial charge in [0.25, 0.3) is 0 Å². The molecule has 19 heavy (non-hydrogen) atoms. The molecular weight excluding hydrogens is 283 g/mol. The summed E-state index contributed by atoms with van der Waals surface area (Å²) in [4.78, 5) is 4.51. The third-order valence-corrected chi connectivity index (χ3v) is 4.11. The maximum absolute atomic E-state index is 13.2. The number of benzene rings is 1. The first-order chi connectivity index (χ1) is 9.11. The van der Waals surface area contributed by atoms with Crippen LogP contribution in [0.1, 0.15) is 35.7 Å². The van der Waals surface area contributed by atoms with E-state index in [1.807, 2.05) is 12.3 Å². The normalized spacial score (nSPS) is 12.6. The minimum atomic E-state index is -0.321. The predicted octanol–water partition coefficient (Wildman–Crippen LogP) is 4.33. The fourth-order valence-electron chi connectivity index (χ4n) is 1.86. The van der Waals surface area contributed by atoms with Gasteiger partial charge in [0.1, 0.15) is 10.8 Å². The Labute approximate surface area is 121 Å². The van der Waals surface area contributed by atoms with Gasteiger partial charge in [0.15, 0.2) is 0 Å². The van der Waals surface area contributed by atoms with Gasteiger partial charge in [-0.15, -0.1) is 11.3 Å². The molecule has 1 atom stereocenters. The van der Waals surface area contributed by atoms with Crippen molar-refractivity contribution in [2.24, 2.45) is 0 Å². The van der Waals surface area contributed by atoms with Gasteiger partial charge in [-0.25, -0.2) is 9.37 Å². The average Bonchev–Trinajstić information content (AvgIpc) is 2.78. The number of aryl methyl sites for hydroxylation is 1. The molecule has 0 aliphatic carbocycles. The minimum Gasteiger partial charge on any atom is -0.304 e. The van der Waals surface area contributed by atoms with Crippen molar-refractivity contribution in [1.82, 2.24) is 10.3 Å². The monoisotopic (exact) mass is 298 g/mol. The first-order valence-electron chi connectivity index (χ1n) is 6.22. The molecule has 2 nitrogen and oxygen atoms in total. The lowest BCUT2D eigenvalue weighted by Crippen LogP contribution is -2.23. The lowest BCUT2D eigenvalue weighted by Gasteiger charge is -2.18. The number of halogens is 2. The highest BCUT2D eigenvalue weighted by molar-refractivity contribution is 7.09. The molecule has 1 N–H and O–H groups in total. The second kappa shape index (κ2) is 6.46. The van der Waals surface area contributed by atoms with Crippen LogP contribution in [0.15, 0.2) is 23.6 Å². The van der Waals surface area contributed by atoms with Crippen LogP contribution >= 0.6 is 22.9 Å². The lowest BCUT2D eigenvalue weighted by atomic mass is 10.1. The maximum Gasteiger partial charge on any atom is 0.124 e. The van der Waals surface area contributed by atoms with Crippen molar-refractivity contribution in [3.63, 3.8) is 0 Å². The molecule has 0 bridgehead atoms. The summed E-state index contributed by atoms with van der Waals surface area (Å²) in [6.45, 7) is 4.92. The van der Waals surface area contributed by atoms with E-state index in [-0.39, 0.29) is 11.9 Å². The molecule has 0 radical (unpaired) electrons. The van der Waals surface area contributed by atoms with Gasteiger partial charge in [-0.05, 0) is 37.6 Å². The number of nitrogens with one attached hydrogen (secondary N) is 1. The van der Waals surface area contributed by atoms with Gasteiger partial charge >= 0.3 is 0 Å². The first-order valence-corrected chi connectivity index (χ1v) is 7.48. The molecule has 0 amide bonds. The van der Waals surface area contributed by atoms with Crippen molar-refractivity contribution in [2.45, 2.75) is 26.3 Å². The number of hydrogen-bond donors (Lipinski definition) is 1. The highest BCUT2D eigenvalue weighted by Gasteiger charge is 2.19. The van der Waals surface area contributed by atoms with Crippen LogP contribution < -0.4 is 5.32 Å². The van der Waals surface area contributed by atoms with E-state index in [9.17, 15) is 4.39 Å². The van der Waals surface area contributed by atoms with Crippen molar-refractivity contribution >= 4 is 22.9 Å². The van der Waals surface area contributed by atoms with Gasteiger partial charge in [0.05, 0.1) is 6.04 Å². The summed E-state index contributed by atoms with van der Waals surface area (Å²) in [5, 5.41) is 6.81. The van der Waals surface area contributed by atoms with E-state index in [0.29, 0.717) is 5.02 Å². The Bertz CT molecular complexity index is 556. The molecule has 1 unspecified atom stereocenters. The van der Waals surface area contributed by atoms with Crippen LogP contribution in [0.2, 0.25) is 5.02 Å². The van der Waals surface area contributed by atoms with Gasteiger partial charge in [0, 0.05) is 16.1 Å². The molecule has 0 fully saturated rings. The van der Waals surface area contributed by atoms with Crippen molar-refractivity contribution in [3.8, 4) is 0 Å².